The highest BCUT2D eigenvalue weighted by atomic mass is 16.6. The van der Waals surface area contributed by atoms with E-state index in [0.29, 0.717) is 19.3 Å². The first-order chi connectivity index (χ1) is 33.0. The summed E-state index contributed by atoms with van der Waals surface area (Å²) >= 11 is 0. The second-order valence-corrected chi connectivity index (χ2v) is 20.3. The van der Waals surface area contributed by atoms with Crippen molar-refractivity contribution in [3.8, 4) is 0 Å². The van der Waals surface area contributed by atoms with E-state index in [2.05, 4.69) is 45.1 Å². The van der Waals surface area contributed by atoms with Crippen LogP contribution in [0.5, 0.6) is 0 Å². The number of esters is 3. The summed E-state index contributed by atoms with van der Waals surface area (Å²) in [4.78, 5) is 37.9. The molecule has 0 bridgehead atoms. The van der Waals surface area contributed by atoms with Crippen LogP contribution < -0.4 is 0 Å². The van der Waals surface area contributed by atoms with Gasteiger partial charge in [-0.2, -0.15) is 0 Å². The van der Waals surface area contributed by atoms with Crippen LogP contribution in [0, 0.1) is 0 Å². The van der Waals surface area contributed by atoms with Crippen LogP contribution in [0.2, 0.25) is 0 Å². The average molecular weight is 944 g/mol. The van der Waals surface area contributed by atoms with Crippen molar-refractivity contribution >= 4 is 17.9 Å². The number of ether oxygens (including phenoxy) is 3. The second kappa shape index (κ2) is 56.5. The van der Waals surface area contributed by atoms with Gasteiger partial charge in [-0.1, -0.05) is 283 Å². The summed E-state index contributed by atoms with van der Waals surface area (Å²) in [7, 11) is 0. The molecule has 0 spiro atoms. The van der Waals surface area contributed by atoms with Gasteiger partial charge in [0.2, 0.25) is 0 Å². The Morgan fingerprint density at radius 1 is 0.299 bits per heavy atom. The molecule has 0 aliphatic heterocycles. The molecule has 0 aromatic heterocycles. The Kier molecular flexibility index (Phi) is 54.7. The van der Waals surface area contributed by atoms with Crippen LogP contribution in [0.4, 0.5) is 0 Å². The van der Waals surface area contributed by atoms with Crippen molar-refractivity contribution in [3.05, 3.63) is 24.3 Å². The summed E-state index contributed by atoms with van der Waals surface area (Å²) in [5.74, 6) is -0.863. The molecule has 0 aliphatic carbocycles. The van der Waals surface area contributed by atoms with Gasteiger partial charge in [0.15, 0.2) is 6.10 Å². The molecule has 0 rings (SSSR count). The number of allylic oxidation sites excluding steroid dienone is 4. The Morgan fingerprint density at radius 3 is 0.821 bits per heavy atom. The molecule has 0 N–H and O–H groups in total. The van der Waals surface area contributed by atoms with Crippen LogP contribution in [0.3, 0.4) is 0 Å². The molecule has 0 radical (unpaired) electrons. The fraction of sp³-hybridized carbons (Fsp3) is 0.885. The highest BCUT2D eigenvalue weighted by Gasteiger charge is 2.19. The van der Waals surface area contributed by atoms with E-state index in [1.165, 1.54) is 225 Å². The highest BCUT2D eigenvalue weighted by Crippen LogP contribution is 2.17. The van der Waals surface area contributed by atoms with Gasteiger partial charge in [-0.05, 0) is 51.4 Å². The Morgan fingerprint density at radius 2 is 0.537 bits per heavy atom. The van der Waals surface area contributed by atoms with E-state index in [1.54, 1.807) is 0 Å². The van der Waals surface area contributed by atoms with Gasteiger partial charge in [0.25, 0.3) is 0 Å². The molecule has 0 aromatic rings. The van der Waals surface area contributed by atoms with Crippen molar-refractivity contribution in [1.29, 1.82) is 0 Å². The largest absolute Gasteiger partial charge is 0.462 e. The van der Waals surface area contributed by atoms with E-state index in [0.717, 1.165) is 64.2 Å². The molecule has 0 heterocycles. The third-order valence-electron chi connectivity index (χ3n) is 13.5. The number of unbranched alkanes of at least 4 members (excludes halogenated alkanes) is 40. The maximum absolute atomic E-state index is 12.8. The standard InChI is InChI=1S/C61H114O6/c1-4-7-10-13-16-18-20-22-24-26-28-30-32-33-35-37-39-41-43-45-48-51-54-60(63)66-57-58(56-65-59(62)53-50-47-15-12-9-6-3)67-61(64)55-52-49-46-44-42-40-38-36-34-31-29-27-25-23-21-19-17-14-11-8-5-2/h21,23,27,29,58H,4-20,22,24-26,28,30-57H2,1-3H3/b23-21-,29-27-. The Balaban J connectivity index is 4.09. The van der Waals surface area contributed by atoms with E-state index < -0.39 is 6.10 Å². The fourth-order valence-corrected chi connectivity index (χ4v) is 8.95. The minimum atomic E-state index is -0.767. The molecule has 0 amide bonds. The summed E-state index contributed by atoms with van der Waals surface area (Å²) in [6, 6.07) is 0. The van der Waals surface area contributed by atoms with E-state index in [-0.39, 0.29) is 31.1 Å². The lowest BCUT2D eigenvalue weighted by Crippen LogP contribution is -2.30. The number of carbonyl (C=O) groups excluding carboxylic acids is 3. The fourth-order valence-electron chi connectivity index (χ4n) is 8.95. The van der Waals surface area contributed by atoms with Gasteiger partial charge in [0.05, 0.1) is 0 Å². The number of hydrogen-bond donors (Lipinski definition) is 0. The van der Waals surface area contributed by atoms with Crippen LogP contribution in [0.15, 0.2) is 24.3 Å². The third-order valence-corrected chi connectivity index (χ3v) is 13.5. The zero-order valence-corrected chi connectivity index (χ0v) is 45.2. The zero-order valence-electron chi connectivity index (χ0n) is 45.2. The third kappa shape index (κ3) is 54.7. The molecule has 6 nitrogen and oxygen atoms in total. The second-order valence-electron chi connectivity index (χ2n) is 20.3. The van der Waals surface area contributed by atoms with Crippen LogP contribution in [-0.2, 0) is 28.6 Å². The van der Waals surface area contributed by atoms with Crippen molar-refractivity contribution in [3.63, 3.8) is 0 Å². The first-order valence-corrected chi connectivity index (χ1v) is 29.8. The van der Waals surface area contributed by atoms with E-state index in [4.69, 9.17) is 14.2 Å². The maximum Gasteiger partial charge on any atom is 0.306 e. The lowest BCUT2D eigenvalue weighted by molar-refractivity contribution is -0.167. The van der Waals surface area contributed by atoms with Gasteiger partial charge in [-0.25, -0.2) is 0 Å². The zero-order chi connectivity index (χ0) is 48.6. The highest BCUT2D eigenvalue weighted by molar-refractivity contribution is 5.71. The smallest absolute Gasteiger partial charge is 0.306 e. The molecule has 1 atom stereocenters. The summed E-state index contributed by atoms with van der Waals surface area (Å²) in [5, 5.41) is 0. The maximum atomic E-state index is 12.8. The van der Waals surface area contributed by atoms with Gasteiger partial charge in [0, 0.05) is 19.3 Å². The van der Waals surface area contributed by atoms with E-state index >= 15 is 0 Å². The molecular weight excluding hydrogens is 829 g/mol. The Bertz CT molecular complexity index is 1080. The molecule has 0 fully saturated rings. The molecule has 1 unspecified atom stereocenters. The average Bonchev–Trinajstić information content (AvgIpc) is 3.33. The molecule has 394 valence electrons. The monoisotopic (exact) mass is 943 g/mol. The first-order valence-electron chi connectivity index (χ1n) is 29.8. The molecular formula is C61H114O6. The number of rotatable bonds is 55. The molecule has 0 saturated carbocycles. The number of hydrogen-bond acceptors (Lipinski definition) is 6. The van der Waals surface area contributed by atoms with Gasteiger partial charge in [0.1, 0.15) is 13.2 Å². The molecule has 0 aliphatic rings. The van der Waals surface area contributed by atoms with Crippen molar-refractivity contribution in [2.75, 3.05) is 13.2 Å². The SMILES string of the molecule is CCCCCCC/C=C\C/C=C\CCCCCCCCCCCC(=O)OC(COC(=O)CCCCCCCC)COC(=O)CCCCCCCCCCCCCCCCCCCCCCCC. The van der Waals surface area contributed by atoms with Gasteiger partial charge in [-0.3, -0.25) is 14.4 Å². The van der Waals surface area contributed by atoms with Gasteiger partial charge < -0.3 is 14.2 Å². The van der Waals surface area contributed by atoms with Crippen LogP contribution in [-0.4, -0.2) is 37.2 Å². The minimum Gasteiger partial charge on any atom is -0.462 e. The summed E-state index contributed by atoms with van der Waals surface area (Å²) in [6.45, 7) is 6.62. The minimum absolute atomic E-state index is 0.0683. The molecule has 0 saturated heterocycles. The summed E-state index contributed by atoms with van der Waals surface area (Å²) in [6.07, 6.45) is 66.4. The lowest BCUT2D eigenvalue weighted by Gasteiger charge is -2.18. The number of carbonyl (C=O) groups is 3. The normalized spacial score (nSPS) is 12.1. The Hall–Kier alpha value is -2.11. The van der Waals surface area contributed by atoms with E-state index in [9.17, 15) is 14.4 Å². The van der Waals surface area contributed by atoms with Gasteiger partial charge >= 0.3 is 17.9 Å². The van der Waals surface area contributed by atoms with Crippen LogP contribution >= 0.6 is 0 Å². The quantitative estimate of drug-likeness (QED) is 0.0262. The van der Waals surface area contributed by atoms with Crippen LogP contribution in [0.25, 0.3) is 0 Å². The molecule has 0 aromatic carbocycles. The lowest BCUT2D eigenvalue weighted by atomic mass is 10.0. The van der Waals surface area contributed by atoms with Crippen molar-refractivity contribution < 1.29 is 28.6 Å². The van der Waals surface area contributed by atoms with Gasteiger partial charge in [-0.15, -0.1) is 0 Å². The predicted octanol–water partition coefficient (Wildman–Crippen LogP) is 19.9. The first kappa shape index (κ1) is 64.9. The van der Waals surface area contributed by atoms with Crippen molar-refractivity contribution in [2.24, 2.45) is 0 Å². The van der Waals surface area contributed by atoms with Crippen molar-refractivity contribution in [2.45, 2.75) is 335 Å². The summed E-state index contributed by atoms with van der Waals surface area (Å²) in [5.41, 5.74) is 0. The predicted molar refractivity (Wildman–Crippen MR) is 289 cm³/mol. The Labute approximate surface area is 417 Å². The van der Waals surface area contributed by atoms with Crippen LogP contribution in [0.1, 0.15) is 329 Å². The molecule has 6 heteroatoms. The van der Waals surface area contributed by atoms with Crippen molar-refractivity contribution in [1.82, 2.24) is 0 Å². The van der Waals surface area contributed by atoms with E-state index in [1.807, 2.05) is 0 Å². The topological polar surface area (TPSA) is 78.9 Å². The molecule has 67 heavy (non-hydrogen) atoms. The summed E-state index contributed by atoms with van der Waals surface area (Å²) < 4.78 is 16.8.